The van der Waals surface area contributed by atoms with E-state index in [1.165, 1.54) is 5.56 Å². The minimum atomic E-state index is 0.151. The van der Waals surface area contributed by atoms with Crippen LogP contribution in [0.5, 0.6) is 5.75 Å². The summed E-state index contributed by atoms with van der Waals surface area (Å²) in [7, 11) is 5.55. The van der Waals surface area contributed by atoms with Crippen LogP contribution >= 0.6 is 0 Å². The molecule has 0 aliphatic carbocycles. The van der Waals surface area contributed by atoms with Crippen LogP contribution in [0, 0.1) is 6.92 Å². The maximum Gasteiger partial charge on any atom is 0.138 e. The number of ether oxygens (including phenoxy) is 1. The monoisotopic (exact) mass is 260 g/mol. The molecule has 0 radical (unpaired) electrons. The average Bonchev–Trinajstić information content (AvgIpc) is 2.81. The Morgan fingerprint density at radius 3 is 2.79 bits per heavy atom. The van der Waals surface area contributed by atoms with E-state index in [-0.39, 0.29) is 6.04 Å². The molecule has 1 aromatic heterocycles. The van der Waals surface area contributed by atoms with Crippen molar-refractivity contribution in [3.63, 3.8) is 0 Å². The summed E-state index contributed by atoms with van der Waals surface area (Å²) >= 11 is 0. The minimum absolute atomic E-state index is 0.151. The van der Waals surface area contributed by atoms with Crippen LogP contribution < -0.4 is 10.1 Å². The molecule has 2 aromatic rings. The molecule has 0 aliphatic rings. The van der Waals surface area contributed by atoms with E-state index in [1.54, 1.807) is 18.1 Å². The molecule has 1 unspecified atom stereocenters. The maximum absolute atomic E-state index is 5.48. The Balaban J connectivity index is 2.29. The Morgan fingerprint density at radius 1 is 1.42 bits per heavy atom. The third-order valence-electron chi connectivity index (χ3n) is 3.30. The van der Waals surface area contributed by atoms with E-state index < -0.39 is 0 Å². The molecule has 0 saturated heterocycles. The Morgan fingerprint density at radius 2 is 2.21 bits per heavy atom. The molecule has 0 bridgehead atoms. The molecule has 0 saturated carbocycles. The number of rotatable bonds is 5. The molecule has 0 aliphatic heterocycles. The van der Waals surface area contributed by atoms with Crippen LogP contribution in [0.15, 0.2) is 24.5 Å². The number of hydrogen-bond donors (Lipinski definition) is 1. The highest BCUT2D eigenvalue weighted by molar-refractivity contribution is 5.39. The van der Waals surface area contributed by atoms with Gasteiger partial charge < -0.3 is 10.1 Å². The van der Waals surface area contributed by atoms with Crippen LogP contribution in [0.3, 0.4) is 0 Å². The van der Waals surface area contributed by atoms with Gasteiger partial charge in [-0.1, -0.05) is 12.1 Å². The number of aryl methyl sites for hydroxylation is 2. The zero-order chi connectivity index (χ0) is 13.8. The number of nitrogens with one attached hydrogen (secondary N) is 1. The zero-order valence-corrected chi connectivity index (χ0v) is 11.8. The molecule has 19 heavy (non-hydrogen) atoms. The summed E-state index contributed by atoms with van der Waals surface area (Å²) in [5.41, 5.74) is 2.33. The van der Waals surface area contributed by atoms with Gasteiger partial charge >= 0.3 is 0 Å². The summed E-state index contributed by atoms with van der Waals surface area (Å²) in [6, 6.07) is 6.40. The standard InChI is InChI=1S/C14H20N4O/c1-10-5-6-11(13(7-10)19-4)12(15-2)8-14-16-9-17-18(14)3/h5-7,9,12,15H,8H2,1-4H3. The van der Waals surface area contributed by atoms with Gasteiger partial charge in [-0.3, -0.25) is 4.68 Å². The number of methoxy groups -OCH3 is 1. The van der Waals surface area contributed by atoms with Gasteiger partial charge in [0.15, 0.2) is 0 Å². The number of likely N-dealkylation sites (N-methyl/N-ethyl adjacent to an activating group) is 1. The largest absolute Gasteiger partial charge is 0.496 e. The van der Waals surface area contributed by atoms with Crippen molar-refractivity contribution in [2.75, 3.05) is 14.2 Å². The van der Waals surface area contributed by atoms with Crippen LogP contribution in [0.1, 0.15) is 23.0 Å². The average molecular weight is 260 g/mol. The molecule has 102 valence electrons. The lowest BCUT2D eigenvalue weighted by molar-refractivity contribution is 0.399. The summed E-state index contributed by atoms with van der Waals surface area (Å²) in [6.45, 7) is 2.06. The van der Waals surface area contributed by atoms with Crippen LogP contribution in [-0.2, 0) is 13.5 Å². The molecule has 0 amide bonds. The molecule has 1 heterocycles. The number of aromatic nitrogens is 3. The van der Waals surface area contributed by atoms with Gasteiger partial charge in [0.05, 0.1) is 7.11 Å². The Bertz CT molecular complexity index is 550. The van der Waals surface area contributed by atoms with Crippen molar-refractivity contribution in [1.82, 2.24) is 20.1 Å². The molecule has 1 aromatic carbocycles. The second kappa shape index (κ2) is 5.84. The van der Waals surface area contributed by atoms with Crippen molar-refractivity contribution in [2.24, 2.45) is 7.05 Å². The van der Waals surface area contributed by atoms with Gasteiger partial charge in [-0.15, -0.1) is 0 Å². The first-order valence-corrected chi connectivity index (χ1v) is 6.30. The van der Waals surface area contributed by atoms with E-state index in [4.69, 9.17) is 4.74 Å². The normalized spacial score (nSPS) is 12.4. The van der Waals surface area contributed by atoms with Gasteiger partial charge in [0.2, 0.25) is 0 Å². The highest BCUT2D eigenvalue weighted by Crippen LogP contribution is 2.28. The molecular weight excluding hydrogens is 240 g/mol. The zero-order valence-electron chi connectivity index (χ0n) is 11.8. The molecule has 5 heteroatoms. The van der Waals surface area contributed by atoms with E-state index in [0.29, 0.717) is 0 Å². The topological polar surface area (TPSA) is 52.0 Å². The number of benzene rings is 1. The summed E-state index contributed by atoms with van der Waals surface area (Å²) in [5, 5.41) is 7.42. The van der Waals surface area contributed by atoms with Gasteiger partial charge in [0, 0.05) is 25.1 Å². The second-order valence-corrected chi connectivity index (χ2v) is 4.59. The molecule has 2 rings (SSSR count). The van der Waals surface area contributed by atoms with Crippen molar-refractivity contribution >= 4 is 0 Å². The van der Waals surface area contributed by atoms with Crippen molar-refractivity contribution in [3.8, 4) is 5.75 Å². The molecule has 1 N–H and O–H groups in total. The van der Waals surface area contributed by atoms with Gasteiger partial charge in [-0.05, 0) is 25.6 Å². The molecule has 1 atom stereocenters. The fourth-order valence-corrected chi connectivity index (χ4v) is 2.16. The second-order valence-electron chi connectivity index (χ2n) is 4.59. The first-order chi connectivity index (χ1) is 9.15. The third kappa shape index (κ3) is 2.93. The highest BCUT2D eigenvalue weighted by Gasteiger charge is 2.17. The third-order valence-corrected chi connectivity index (χ3v) is 3.30. The first-order valence-electron chi connectivity index (χ1n) is 6.30. The van der Waals surface area contributed by atoms with E-state index in [0.717, 1.165) is 23.6 Å². The SMILES string of the molecule is CNC(Cc1ncnn1C)c1ccc(C)cc1OC. The Labute approximate surface area is 113 Å². The quantitative estimate of drug-likeness (QED) is 0.888. The summed E-state index contributed by atoms with van der Waals surface area (Å²) in [4.78, 5) is 4.27. The van der Waals surface area contributed by atoms with Gasteiger partial charge in [-0.25, -0.2) is 4.98 Å². The number of nitrogens with zero attached hydrogens (tertiary/aromatic N) is 3. The van der Waals surface area contributed by atoms with E-state index in [2.05, 4.69) is 40.5 Å². The van der Waals surface area contributed by atoms with Crippen LogP contribution in [0.25, 0.3) is 0 Å². The molecular formula is C14H20N4O. The minimum Gasteiger partial charge on any atom is -0.496 e. The summed E-state index contributed by atoms with van der Waals surface area (Å²) in [5.74, 6) is 1.85. The molecule has 0 spiro atoms. The van der Waals surface area contributed by atoms with Crippen molar-refractivity contribution in [1.29, 1.82) is 0 Å². The summed E-state index contributed by atoms with van der Waals surface area (Å²) in [6.07, 6.45) is 2.35. The van der Waals surface area contributed by atoms with Crippen LogP contribution in [0.4, 0.5) is 0 Å². The van der Waals surface area contributed by atoms with Crippen LogP contribution in [-0.4, -0.2) is 28.9 Å². The van der Waals surface area contributed by atoms with E-state index in [1.807, 2.05) is 14.1 Å². The van der Waals surface area contributed by atoms with Gasteiger partial charge in [0.25, 0.3) is 0 Å². The predicted octanol–water partition coefficient (Wildman–Crippen LogP) is 1.64. The predicted molar refractivity (Wildman–Crippen MR) is 74.2 cm³/mol. The Kier molecular flexibility index (Phi) is 4.16. The van der Waals surface area contributed by atoms with Crippen molar-refractivity contribution < 1.29 is 4.74 Å². The van der Waals surface area contributed by atoms with E-state index in [9.17, 15) is 0 Å². The fraction of sp³-hybridized carbons (Fsp3) is 0.429. The van der Waals surface area contributed by atoms with Crippen molar-refractivity contribution in [3.05, 3.63) is 41.5 Å². The molecule has 5 nitrogen and oxygen atoms in total. The maximum atomic E-state index is 5.48. The lowest BCUT2D eigenvalue weighted by Gasteiger charge is -2.19. The number of hydrogen-bond acceptors (Lipinski definition) is 4. The first kappa shape index (κ1) is 13.5. The van der Waals surface area contributed by atoms with Gasteiger partial charge in [-0.2, -0.15) is 5.10 Å². The fourth-order valence-electron chi connectivity index (χ4n) is 2.16. The van der Waals surface area contributed by atoms with Crippen LogP contribution in [0.2, 0.25) is 0 Å². The van der Waals surface area contributed by atoms with E-state index >= 15 is 0 Å². The molecule has 0 fully saturated rings. The van der Waals surface area contributed by atoms with Crippen molar-refractivity contribution in [2.45, 2.75) is 19.4 Å². The smallest absolute Gasteiger partial charge is 0.138 e. The van der Waals surface area contributed by atoms with Gasteiger partial charge in [0.1, 0.15) is 17.9 Å². The Hall–Kier alpha value is -1.88. The highest BCUT2D eigenvalue weighted by atomic mass is 16.5. The lowest BCUT2D eigenvalue weighted by Crippen LogP contribution is -2.21. The summed E-state index contributed by atoms with van der Waals surface area (Å²) < 4.78 is 7.27. The lowest BCUT2D eigenvalue weighted by atomic mass is 10.0.